The van der Waals surface area contributed by atoms with Gasteiger partial charge in [-0.15, -0.1) is 0 Å². The second-order valence-corrected chi connectivity index (χ2v) is 8.07. The average Bonchev–Trinajstić information content (AvgIpc) is 3.27. The van der Waals surface area contributed by atoms with E-state index < -0.39 is 0 Å². The number of halogens is 1. The summed E-state index contributed by atoms with van der Waals surface area (Å²) in [5, 5.41) is 3.31. The number of carbonyl (C=O) groups is 1. The van der Waals surface area contributed by atoms with Crippen molar-refractivity contribution in [3.8, 4) is 16.7 Å². The van der Waals surface area contributed by atoms with Crippen LogP contribution in [0.15, 0.2) is 72.8 Å². The van der Waals surface area contributed by atoms with E-state index >= 15 is 0 Å². The van der Waals surface area contributed by atoms with E-state index in [-0.39, 0.29) is 17.8 Å². The fraction of sp³-hybridized carbons (Fsp3) is 0.160. The molecule has 1 heterocycles. The Balaban J connectivity index is 1.47. The highest BCUT2D eigenvalue weighted by Crippen LogP contribution is 2.33. The zero-order valence-electron chi connectivity index (χ0n) is 18.1. The topological polar surface area (TPSA) is 73.3 Å². The van der Waals surface area contributed by atoms with Crippen molar-refractivity contribution in [3.05, 3.63) is 101 Å². The normalized spacial score (nSPS) is 11.6. The number of ether oxygens (including phenoxy) is 2. The number of aromatic nitrogens is 2. The molecule has 168 valence electrons. The molecule has 1 aromatic heterocycles. The van der Waals surface area contributed by atoms with Crippen LogP contribution >= 0.6 is 11.5 Å². The number of nitrogens with one attached hydrogen (secondary N) is 1. The van der Waals surface area contributed by atoms with Crippen molar-refractivity contribution in [3.63, 3.8) is 0 Å². The van der Waals surface area contributed by atoms with Gasteiger partial charge in [-0.2, -0.15) is 9.36 Å². The molecule has 1 amide bonds. The van der Waals surface area contributed by atoms with Gasteiger partial charge in [0.25, 0.3) is 11.1 Å². The van der Waals surface area contributed by atoms with Crippen LogP contribution in [0.3, 0.4) is 0 Å². The number of amides is 1. The van der Waals surface area contributed by atoms with Crippen LogP contribution in [0.2, 0.25) is 0 Å². The van der Waals surface area contributed by atoms with E-state index in [1.807, 2.05) is 37.3 Å². The third kappa shape index (κ3) is 5.72. The molecule has 6 nitrogen and oxygen atoms in total. The summed E-state index contributed by atoms with van der Waals surface area (Å²) >= 11 is 1.09. The molecule has 0 spiro atoms. The fourth-order valence-electron chi connectivity index (χ4n) is 3.23. The first-order chi connectivity index (χ1) is 16.0. The largest absolute Gasteiger partial charge is 0.493 e. The first-order valence-corrected chi connectivity index (χ1v) is 11.1. The van der Waals surface area contributed by atoms with Crippen LogP contribution in [-0.2, 0) is 6.42 Å². The number of benzene rings is 3. The number of hydrogen-bond donors (Lipinski definition) is 1. The molecule has 0 aliphatic heterocycles. The van der Waals surface area contributed by atoms with Crippen LogP contribution in [0.5, 0.6) is 16.7 Å². The van der Waals surface area contributed by atoms with E-state index in [4.69, 9.17) is 9.47 Å². The number of hydrogen-bond acceptors (Lipinski definition) is 6. The molecule has 4 rings (SSSR count). The monoisotopic (exact) mass is 463 g/mol. The van der Waals surface area contributed by atoms with Crippen molar-refractivity contribution in [1.29, 1.82) is 0 Å². The standard InChI is InChI=1S/C25H22FN3O3S/c1-16(18-6-4-3-5-7-18)27-24(30)19-10-13-21(31-2)22(15-19)32-25-28-23(29-33-25)14-17-8-11-20(26)12-9-17/h3-13,15-16H,14H2,1-2H3,(H,27,30)/t16-/m1/s1. The lowest BCUT2D eigenvalue weighted by atomic mass is 10.1. The Morgan fingerprint density at radius 3 is 2.55 bits per heavy atom. The summed E-state index contributed by atoms with van der Waals surface area (Å²) in [6.07, 6.45) is 0.455. The minimum absolute atomic E-state index is 0.151. The van der Waals surface area contributed by atoms with Crippen molar-refractivity contribution in [1.82, 2.24) is 14.7 Å². The molecule has 0 unspecified atom stereocenters. The smallest absolute Gasteiger partial charge is 0.298 e. The highest BCUT2D eigenvalue weighted by atomic mass is 32.1. The predicted molar refractivity (Wildman–Crippen MR) is 125 cm³/mol. The lowest BCUT2D eigenvalue weighted by molar-refractivity contribution is 0.0939. The van der Waals surface area contributed by atoms with Gasteiger partial charge in [0.1, 0.15) is 5.82 Å². The van der Waals surface area contributed by atoms with E-state index in [1.165, 1.54) is 19.2 Å². The lowest BCUT2D eigenvalue weighted by Gasteiger charge is -2.15. The van der Waals surface area contributed by atoms with Gasteiger partial charge in [-0.3, -0.25) is 4.79 Å². The molecule has 8 heteroatoms. The van der Waals surface area contributed by atoms with Crippen LogP contribution in [0.1, 0.15) is 40.3 Å². The molecule has 0 saturated carbocycles. The van der Waals surface area contributed by atoms with Gasteiger partial charge in [0.05, 0.1) is 13.2 Å². The number of carbonyl (C=O) groups excluding carboxylic acids is 1. The summed E-state index contributed by atoms with van der Waals surface area (Å²) in [6.45, 7) is 1.93. The van der Waals surface area contributed by atoms with Crippen molar-refractivity contribution >= 4 is 17.4 Å². The Bertz CT molecular complexity index is 1230. The minimum atomic E-state index is -0.289. The maximum Gasteiger partial charge on any atom is 0.298 e. The van der Waals surface area contributed by atoms with Crippen LogP contribution in [0.25, 0.3) is 0 Å². The predicted octanol–water partition coefficient (Wildman–Crippen LogP) is 5.56. The molecule has 33 heavy (non-hydrogen) atoms. The number of methoxy groups -OCH3 is 1. The maximum absolute atomic E-state index is 13.1. The summed E-state index contributed by atoms with van der Waals surface area (Å²) in [5.74, 6) is 0.877. The van der Waals surface area contributed by atoms with Gasteiger partial charge in [-0.05, 0) is 48.4 Å². The Morgan fingerprint density at radius 1 is 1.06 bits per heavy atom. The quantitative estimate of drug-likeness (QED) is 0.370. The van der Waals surface area contributed by atoms with Gasteiger partial charge < -0.3 is 14.8 Å². The molecule has 4 aromatic rings. The molecule has 0 aliphatic rings. The Labute approximate surface area is 195 Å². The van der Waals surface area contributed by atoms with Crippen LogP contribution in [-0.4, -0.2) is 22.4 Å². The van der Waals surface area contributed by atoms with E-state index in [0.29, 0.717) is 34.5 Å². The van der Waals surface area contributed by atoms with Gasteiger partial charge in [-0.1, -0.05) is 42.5 Å². The second-order valence-electron chi connectivity index (χ2n) is 7.35. The molecular formula is C25H22FN3O3S. The van der Waals surface area contributed by atoms with Gasteiger partial charge >= 0.3 is 0 Å². The van der Waals surface area contributed by atoms with Crippen molar-refractivity contribution in [2.24, 2.45) is 0 Å². The maximum atomic E-state index is 13.1. The minimum Gasteiger partial charge on any atom is -0.493 e. The first-order valence-electron chi connectivity index (χ1n) is 10.3. The molecule has 3 aromatic carbocycles. The third-order valence-electron chi connectivity index (χ3n) is 5.00. The Hall–Kier alpha value is -3.78. The van der Waals surface area contributed by atoms with Crippen molar-refractivity contribution < 1.29 is 18.7 Å². The molecular weight excluding hydrogens is 441 g/mol. The molecule has 1 atom stereocenters. The lowest BCUT2D eigenvalue weighted by Crippen LogP contribution is -2.26. The highest BCUT2D eigenvalue weighted by molar-refractivity contribution is 7.07. The molecule has 0 saturated heterocycles. The summed E-state index contributed by atoms with van der Waals surface area (Å²) in [5.41, 5.74) is 2.34. The second kappa shape index (κ2) is 10.2. The third-order valence-corrected chi connectivity index (χ3v) is 5.63. The van der Waals surface area contributed by atoms with E-state index in [9.17, 15) is 9.18 Å². The summed E-state index contributed by atoms with van der Waals surface area (Å²) in [4.78, 5) is 17.2. The first kappa shape index (κ1) is 22.4. The molecule has 0 fully saturated rings. The Kier molecular flexibility index (Phi) is 6.95. The Morgan fingerprint density at radius 2 is 1.82 bits per heavy atom. The molecule has 0 bridgehead atoms. The van der Waals surface area contributed by atoms with Crippen LogP contribution in [0.4, 0.5) is 4.39 Å². The summed E-state index contributed by atoms with van der Waals surface area (Å²) in [7, 11) is 1.53. The van der Waals surface area contributed by atoms with Crippen LogP contribution in [0, 0.1) is 5.82 Å². The fourth-order valence-corrected chi connectivity index (χ4v) is 3.79. The zero-order valence-corrected chi connectivity index (χ0v) is 18.9. The molecule has 0 aliphatic carbocycles. The van der Waals surface area contributed by atoms with Crippen molar-refractivity contribution in [2.75, 3.05) is 7.11 Å². The highest BCUT2D eigenvalue weighted by Gasteiger charge is 2.16. The average molecular weight is 464 g/mol. The van der Waals surface area contributed by atoms with E-state index in [2.05, 4.69) is 14.7 Å². The molecule has 1 N–H and O–H groups in total. The summed E-state index contributed by atoms with van der Waals surface area (Å²) in [6, 6.07) is 20.7. The van der Waals surface area contributed by atoms with E-state index in [1.54, 1.807) is 30.3 Å². The van der Waals surface area contributed by atoms with Gasteiger partial charge in [-0.25, -0.2) is 4.39 Å². The molecule has 0 radical (unpaired) electrons. The summed E-state index contributed by atoms with van der Waals surface area (Å²) < 4.78 is 28.7. The van der Waals surface area contributed by atoms with Crippen molar-refractivity contribution in [2.45, 2.75) is 19.4 Å². The van der Waals surface area contributed by atoms with E-state index in [0.717, 1.165) is 22.7 Å². The zero-order chi connectivity index (χ0) is 23.2. The number of nitrogens with zero attached hydrogens (tertiary/aromatic N) is 2. The van der Waals surface area contributed by atoms with Gasteiger partial charge in [0.15, 0.2) is 17.3 Å². The van der Waals surface area contributed by atoms with Crippen LogP contribution < -0.4 is 14.8 Å². The SMILES string of the molecule is COc1ccc(C(=O)N[C@H](C)c2ccccc2)cc1Oc1nc(Cc2ccc(F)cc2)ns1. The van der Waals surface area contributed by atoms with Gasteiger partial charge in [0.2, 0.25) is 0 Å². The van der Waals surface area contributed by atoms with Gasteiger partial charge in [0, 0.05) is 23.5 Å². The number of rotatable bonds is 8.